The zero-order chi connectivity index (χ0) is 12.4. The van der Waals surface area contributed by atoms with Crippen LogP contribution < -0.4 is 0 Å². The van der Waals surface area contributed by atoms with Crippen molar-refractivity contribution in [3.05, 3.63) is 42.1 Å². The van der Waals surface area contributed by atoms with Gasteiger partial charge in [0.25, 0.3) is 0 Å². The molecule has 18 heavy (non-hydrogen) atoms. The molecule has 3 nitrogen and oxygen atoms in total. The molecule has 0 amide bonds. The highest BCUT2D eigenvalue weighted by molar-refractivity contribution is 5.81. The van der Waals surface area contributed by atoms with Crippen molar-refractivity contribution >= 4 is 10.9 Å². The molecule has 1 aromatic heterocycles. The molecule has 1 saturated heterocycles. The van der Waals surface area contributed by atoms with Gasteiger partial charge in [-0.25, -0.2) is 0 Å². The molecule has 1 aliphatic rings. The van der Waals surface area contributed by atoms with E-state index in [1.807, 2.05) is 12.3 Å². The van der Waals surface area contributed by atoms with Gasteiger partial charge in [0, 0.05) is 31.2 Å². The Morgan fingerprint density at radius 3 is 3.11 bits per heavy atom. The Balaban J connectivity index is 1.86. The van der Waals surface area contributed by atoms with Gasteiger partial charge in [-0.2, -0.15) is 0 Å². The molecule has 0 radical (unpaired) electrons. The molecule has 0 N–H and O–H groups in total. The number of pyridine rings is 1. The van der Waals surface area contributed by atoms with E-state index in [1.54, 1.807) is 0 Å². The third kappa shape index (κ3) is 2.37. The summed E-state index contributed by atoms with van der Waals surface area (Å²) in [6.07, 6.45) is 2.20. The summed E-state index contributed by atoms with van der Waals surface area (Å²) in [5.41, 5.74) is 2.43. The summed E-state index contributed by atoms with van der Waals surface area (Å²) in [6.45, 7) is 5.94. The lowest BCUT2D eigenvalue weighted by molar-refractivity contribution is -0.0210. The highest BCUT2D eigenvalue weighted by Crippen LogP contribution is 2.18. The molecule has 2 heterocycles. The van der Waals surface area contributed by atoms with Crippen molar-refractivity contribution in [2.75, 3.05) is 19.7 Å². The van der Waals surface area contributed by atoms with Gasteiger partial charge in [0.1, 0.15) is 0 Å². The molecular weight excluding hydrogens is 224 g/mol. The highest BCUT2D eigenvalue weighted by Gasteiger charge is 2.17. The van der Waals surface area contributed by atoms with Gasteiger partial charge < -0.3 is 4.74 Å². The minimum Gasteiger partial charge on any atom is -0.376 e. The second-order valence-corrected chi connectivity index (χ2v) is 4.91. The molecular formula is C15H18N2O. The zero-order valence-electron chi connectivity index (χ0n) is 10.7. The highest BCUT2D eigenvalue weighted by atomic mass is 16.5. The van der Waals surface area contributed by atoms with Crippen LogP contribution in [0.4, 0.5) is 0 Å². The van der Waals surface area contributed by atoms with E-state index in [2.05, 4.69) is 41.1 Å². The maximum Gasteiger partial charge on any atom is 0.0746 e. The lowest BCUT2D eigenvalue weighted by Crippen LogP contribution is -2.40. The predicted molar refractivity (Wildman–Crippen MR) is 72.4 cm³/mol. The van der Waals surface area contributed by atoms with Gasteiger partial charge in [-0.15, -0.1) is 0 Å². The summed E-state index contributed by atoms with van der Waals surface area (Å²) in [7, 11) is 0. The van der Waals surface area contributed by atoms with Crippen molar-refractivity contribution in [1.29, 1.82) is 0 Å². The summed E-state index contributed by atoms with van der Waals surface area (Å²) in [4.78, 5) is 6.95. The lowest BCUT2D eigenvalue weighted by Gasteiger charge is -2.31. The minimum atomic E-state index is 0.335. The Kier molecular flexibility index (Phi) is 3.26. The van der Waals surface area contributed by atoms with Crippen LogP contribution >= 0.6 is 0 Å². The Hall–Kier alpha value is -1.45. The van der Waals surface area contributed by atoms with E-state index in [-0.39, 0.29) is 0 Å². The van der Waals surface area contributed by atoms with Gasteiger partial charge in [-0.1, -0.05) is 24.3 Å². The number of fused-ring (bicyclic) bond motifs is 1. The van der Waals surface area contributed by atoms with E-state index >= 15 is 0 Å². The molecule has 3 rings (SSSR count). The van der Waals surface area contributed by atoms with Crippen molar-refractivity contribution in [3.8, 4) is 0 Å². The van der Waals surface area contributed by atoms with Gasteiger partial charge >= 0.3 is 0 Å². The monoisotopic (exact) mass is 242 g/mol. The minimum absolute atomic E-state index is 0.335. The molecule has 1 unspecified atom stereocenters. The number of rotatable bonds is 2. The van der Waals surface area contributed by atoms with Crippen molar-refractivity contribution in [1.82, 2.24) is 9.88 Å². The second-order valence-electron chi connectivity index (χ2n) is 4.91. The van der Waals surface area contributed by atoms with E-state index < -0.39 is 0 Å². The van der Waals surface area contributed by atoms with Crippen LogP contribution in [-0.2, 0) is 11.3 Å². The normalized spacial score (nSPS) is 21.3. The number of hydrogen-bond acceptors (Lipinski definition) is 3. The second kappa shape index (κ2) is 5.04. The number of aromatic nitrogens is 1. The molecule has 3 heteroatoms. The fourth-order valence-electron chi connectivity index (χ4n) is 2.57. The van der Waals surface area contributed by atoms with Crippen molar-refractivity contribution in [2.24, 2.45) is 0 Å². The number of hydrogen-bond donors (Lipinski definition) is 0. The standard InChI is InChI=1S/C15H18N2O/c1-12-10-17(8-9-18-12)11-14-5-2-4-13-6-3-7-16-15(13)14/h2-7,12H,8-11H2,1H3. The number of para-hydroxylation sites is 1. The summed E-state index contributed by atoms with van der Waals surface area (Å²) in [5.74, 6) is 0. The zero-order valence-corrected chi connectivity index (χ0v) is 10.7. The largest absolute Gasteiger partial charge is 0.376 e. The van der Waals surface area contributed by atoms with Crippen molar-refractivity contribution in [2.45, 2.75) is 19.6 Å². The first-order valence-corrected chi connectivity index (χ1v) is 6.49. The van der Waals surface area contributed by atoms with Crippen LogP contribution in [0, 0.1) is 0 Å². The van der Waals surface area contributed by atoms with Crippen LogP contribution in [0.25, 0.3) is 10.9 Å². The van der Waals surface area contributed by atoms with E-state index in [0.717, 1.165) is 31.8 Å². The van der Waals surface area contributed by atoms with Crippen LogP contribution in [0.1, 0.15) is 12.5 Å². The molecule has 94 valence electrons. The molecule has 1 aliphatic heterocycles. The Bertz CT molecular complexity index is 536. The average molecular weight is 242 g/mol. The molecule has 0 saturated carbocycles. The third-order valence-corrected chi connectivity index (χ3v) is 3.44. The molecule has 1 aromatic carbocycles. The first kappa shape index (κ1) is 11.6. The number of morpholine rings is 1. The van der Waals surface area contributed by atoms with E-state index in [4.69, 9.17) is 4.74 Å². The first-order chi connectivity index (χ1) is 8.83. The number of benzene rings is 1. The van der Waals surface area contributed by atoms with Crippen LogP contribution in [0.15, 0.2) is 36.5 Å². The van der Waals surface area contributed by atoms with E-state index in [0.29, 0.717) is 6.10 Å². The quantitative estimate of drug-likeness (QED) is 0.809. The first-order valence-electron chi connectivity index (χ1n) is 6.49. The predicted octanol–water partition coefficient (Wildman–Crippen LogP) is 2.46. The number of ether oxygens (including phenoxy) is 1. The van der Waals surface area contributed by atoms with Gasteiger partial charge in [0.15, 0.2) is 0 Å². The maximum atomic E-state index is 5.58. The smallest absolute Gasteiger partial charge is 0.0746 e. The van der Waals surface area contributed by atoms with Crippen LogP contribution in [0.5, 0.6) is 0 Å². The maximum absolute atomic E-state index is 5.58. The molecule has 0 bridgehead atoms. The van der Waals surface area contributed by atoms with Gasteiger partial charge in [0.05, 0.1) is 18.2 Å². The molecule has 1 fully saturated rings. The summed E-state index contributed by atoms with van der Waals surface area (Å²) >= 11 is 0. The number of nitrogens with zero attached hydrogens (tertiary/aromatic N) is 2. The SMILES string of the molecule is CC1CN(Cc2cccc3cccnc23)CCO1. The van der Waals surface area contributed by atoms with Crippen molar-refractivity contribution < 1.29 is 4.74 Å². The van der Waals surface area contributed by atoms with Gasteiger partial charge in [-0.3, -0.25) is 9.88 Å². The summed E-state index contributed by atoms with van der Waals surface area (Å²) < 4.78 is 5.58. The van der Waals surface area contributed by atoms with Crippen LogP contribution in [0.2, 0.25) is 0 Å². The van der Waals surface area contributed by atoms with Crippen molar-refractivity contribution in [3.63, 3.8) is 0 Å². The fourth-order valence-corrected chi connectivity index (χ4v) is 2.57. The van der Waals surface area contributed by atoms with E-state index in [9.17, 15) is 0 Å². The Morgan fingerprint density at radius 1 is 1.33 bits per heavy atom. The molecule has 0 aliphatic carbocycles. The fraction of sp³-hybridized carbons (Fsp3) is 0.400. The topological polar surface area (TPSA) is 25.4 Å². The summed E-state index contributed by atoms with van der Waals surface area (Å²) in [6, 6.07) is 10.5. The Labute approximate surface area is 107 Å². The van der Waals surface area contributed by atoms with Crippen LogP contribution in [-0.4, -0.2) is 35.7 Å². The molecule has 0 spiro atoms. The average Bonchev–Trinajstić information content (AvgIpc) is 2.39. The van der Waals surface area contributed by atoms with Gasteiger partial charge in [0.2, 0.25) is 0 Å². The molecule has 1 atom stereocenters. The third-order valence-electron chi connectivity index (χ3n) is 3.44. The van der Waals surface area contributed by atoms with Gasteiger partial charge in [-0.05, 0) is 18.6 Å². The van der Waals surface area contributed by atoms with E-state index in [1.165, 1.54) is 10.9 Å². The molecule has 2 aromatic rings. The lowest BCUT2D eigenvalue weighted by atomic mass is 10.1. The summed E-state index contributed by atoms with van der Waals surface area (Å²) in [5, 5.41) is 1.22. The van der Waals surface area contributed by atoms with Crippen LogP contribution in [0.3, 0.4) is 0 Å². The Morgan fingerprint density at radius 2 is 2.22 bits per heavy atom.